The normalized spacial score (nSPS) is 11.8. The predicted octanol–water partition coefficient (Wildman–Crippen LogP) is 3.27. The summed E-state index contributed by atoms with van der Waals surface area (Å²) in [4.78, 5) is 0. The van der Waals surface area contributed by atoms with Gasteiger partial charge in [-0.2, -0.15) is 0 Å². The SMILES string of the molecule is CCC(CC)(CN)Cc1ccc(F)cc1F. The summed E-state index contributed by atoms with van der Waals surface area (Å²) in [6, 6.07) is 3.74. The average molecular weight is 227 g/mol. The van der Waals surface area contributed by atoms with Gasteiger partial charge in [0.1, 0.15) is 11.6 Å². The van der Waals surface area contributed by atoms with Gasteiger partial charge in [0.25, 0.3) is 0 Å². The maximum absolute atomic E-state index is 13.5. The van der Waals surface area contributed by atoms with Crippen molar-refractivity contribution < 1.29 is 8.78 Å². The molecule has 0 aromatic heterocycles. The van der Waals surface area contributed by atoms with Gasteiger partial charge < -0.3 is 5.73 Å². The lowest BCUT2D eigenvalue weighted by atomic mass is 9.77. The zero-order valence-electron chi connectivity index (χ0n) is 9.89. The lowest BCUT2D eigenvalue weighted by Crippen LogP contribution is -2.31. The second-order valence-corrected chi connectivity index (χ2v) is 4.32. The molecule has 0 amide bonds. The van der Waals surface area contributed by atoms with E-state index in [4.69, 9.17) is 5.73 Å². The molecule has 0 aliphatic carbocycles. The van der Waals surface area contributed by atoms with E-state index in [1.165, 1.54) is 12.1 Å². The summed E-state index contributed by atoms with van der Waals surface area (Å²) in [6.45, 7) is 4.63. The van der Waals surface area contributed by atoms with Gasteiger partial charge in [0, 0.05) is 6.07 Å². The summed E-state index contributed by atoms with van der Waals surface area (Å²) in [5, 5.41) is 0. The van der Waals surface area contributed by atoms with Crippen molar-refractivity contribution in [3.8, 4) is 0 Å². The maximum atomic E-state index is 13.5. The van der Waals surface area contributed by atoms with Crippen LogP contribution in [0.15, 0.2) is 18.2 Å². The molecule has 1 aromatic carbocycles. The van der Waals surface area contributed by atoms with E-state index in [0.717, 1.165) is 18.9 Å². The van der Waals surface area contributed by atoms with Crippen LogP contribution < -0.4 is 5.73 Å². The van der Waals surface area contributed by atoms with E-state index < -0.39 is 11.6 Å². The van der Waals surface area contributed by atoms with Crippen LogP contribution in [0.5, 0.6) is 0 Å². The maximum Gasteiger partial charge on any atom is 0.129 e. The van der Waals surface area contributed by atoms with Crippen molar-refractivity contribution in [2.75, 3.05) is 6.54 Å². The van der Waals surface area contributed by atoms with Crippen LogP contribution in [0.3, 0.4) is 0 Å². The van der Waals surface area contributed by atoms with Crippen molar-refractivity contribution in [2.24, 2.45) is 11.1 Å². The summed E-state index contributed by atoms with van der Waals surface area (Å²) < 4.78 is 26.3. The molecule has 0 fully saturated rings. The third kappa shape index (κ3) is 2.79. The Kier molecular flexibility index (Phi) is 4.42. The molecular formula is C13H19F2N. The lowest BCUT2D eigenvalue weighted by Gasteiger charge is -2.30. The number of nitrogens with two attached hydrogens (primary N) is 1. The van der Waals surface area contributed by atoms with Gasteiger partial charge in [-0.05, 0) is 42.9 Å². The minimum Gasteiger partial charge on any atom is -0.330 e. The zero-order chi connectivity index (χ0) is 12.2. The molecule has 0 saturated heterocycles. The molecule has 90 valence electrons. The highest BCUT2D eigenvalue weighted by Gasteiger charge is 2.25. The van der Waals surface area contributed by atoms with E-state index >= 15 is 0 Å². The molecule has 0 heterocycles. The first kappa shape index (κ1) is 13.1. The highest BCUT2D eigenvalue weighted by Crippen LogP contribution is 2.30. The Balaban J connectivity index is 2.93. The molecule has 1 rings (SSSR count). The molecule has 0 atom stereocenters. The zero-order valence-corrected chi connectivity index (χ0v) is 9.89. The number of halogens is 2. The van der Waals surface area contributed by atoms with Crippen molar-refractivity contribution >= 4 is 0 Å². The summed E-state index contributed by atoms with van der Waals surface area (Å²) in [6.07, 6.45) is 2.37. The van der Waals surface area contributed by atoms with E-state index in [1.807, 2.05) is 0 Å². The Morgan fingerprint density at radius 1 is 1.19 bits per heavy atom. The third-order valence-corrected chi connectivity index (χ3v) is 3.51. The molecular weight excluding hydrogens is 208 g/mol. The topological polar surface area (TPSA) is 26.0 Å². The van der Waals surface area contributed by atoms with Gasteiger partial charge in [0.05, 0.1) is 0 Å². The van der Waals surface area contributed by atoms with Crippen molar-refractivity contribution in [3.05, 3.63) is 35.4 Å². The highest BCUT2D eigenvalue weighted by molar-refractivity contribution is 5.20. The van der Waals surface area contributed by atoms with Gasteiger partial charge >= 0.3 is 0 Å². The molecule has 0 aliphatic rings. The van der Waals surface area contributed by atoms with Crippen LogP contribution in [0.2, 0.25) is 0 Å². The van der Waals surface area contributed by atoms with Crippen molar-refractivity contribution in [1.29, 1.82) is 0 Å². The van der Waals surface area contributed by atoms with E-state index in [2.05, 4.69) is 13.8 Å². The summed E-state index contributed by atoms with van der Waals surface area (Å²) in [5.41, 5.74) is 6.24. The van der Waals surface area contributed by atoms with Crippen molar-refractivity contribution in [2.45, 2.75) is 33.1 Å². The van der Waals surface area contributed by atoms with Crippen LogP contribution in [0.4, 0.5) is 8.78 Å². The fourth-order valence-corrected chi connectivity index (χ4v) is 1.93. The van der Waals surface area contributed by atoms with Gasteiger partial charge in [0.2, 0.25) is 0 Å². The van der Waals surface area contributed by atoms with E-state index in [9.17, 15) is 8.78 Å². The second kappa shape index (κ2) is 5.39. The van der Waals surface area contributed by atoms with Gasteiger partial charge in [-0.15, -0.1) is 0 Å². The van der Waals surface area contributed by atoms with Crippen LogP contribution in [0.25, 0.3) is 0 Å². The first-order valence-electron chi connectivity index (χ1n) is 5.71. The molecule has 0 radical (unpaired) electrons. The summed E-state index contributed by atoms with van der Waals surface area (Å²) in [7, 11) is 0. The molecule has 16 heavy (non-hydrogen) atoms. The first-order valence-corrected chi connectivity index (χ1v) is 5.71. The van der Waals surface area contributed by atoms with Crippen molar-refractivity contribution in [3.63, 3.8) is 0 Å². The monoisotopic (exact) mass is 227 g/mol. The Morgan fingerprint density at radius 3 is 2.25 bits per heavy atom. The number of rotatable bonds is 5. The summed E-state index contributed by atoms with van der Waals surface area (Å²) in [5.74, 6) is -1.01. The average Bonchev–Trinajstić information content (AvgIpc) is 2.29. The van der Waals surface area contributed by atoms with Gasteiger partial charge in [-0.25, -0.2) is 8.78 Å². The fraction of sp³-hybridized carbons (Fsp3) is 0.538. The predicted molar refractivity (Wildman–Crippen MR) is 62.1 cm³/mol. The van der Waals surface area contributed by atoms with E-state index in [1.54, 1.807) is 0 Å². The quantitative estimate of drug-likeness (QED) is 0.820. The van der Waals surface area contributed by atoms with Gasteiger partial charge in [-0.3, -0.25) is 0 Å². The van der Waals surface area contributed by atoms with Crippen LogP contribution in [-0.4, -0.2) is 6.54 Å². The summed E-state index contributed by atoms with van der Waals surface area (Å²) >= 11 is 0. The molecule has 0 unspecified atom stereocenters. The third-order valence-electron chi connectivity index (χ3n) is 3.51. The molecule has 2 N–H and O–H groups in total. The number of hydrogen-bond acceptors (Lipinski definition) is 1. The number of benzene rings is 1. The molecule has 0 saturated carbocycles. The molecule has 0 spiro atoms. The Bertz CT molecular complexity index is 338. The highest BCUT2D eigenvalue weighted by atomic mass is 19.1. The second-order valence-electron chi connectivity index (χ2n) is 4.32. The Labute approximate surface area is 95.7 Å². The minimum atomic E-state index is -0.535. The molecule has 3 heteroatoms. The smallest absolute Gasteiger partial charge is 0.129 e. The standard InChI is InChI=1S/C13H19F2N/c1-3-13(4-2,9-16)8-10-5-6-11(14)7-12(10)15/h5-7H,3-4,8-9,16H2,1-2H3. The Hall–Kier alpha value is -0.960. The largest absolute Gasteiger partial charge is 0.330 e. The van der Waals surface area contributed by atoms with Crippen LogP contribution >= 0.6 is 0 Å². The van der Waals surface area contributed by atoms with Crippen molar-refractivity contribution in [1.82, 2.24) is 0 Å². The molecule has 0 aliphatic heterocycles. The molecule has 1 nitrogen and oxygen atoms in total. The fourth-order valence-electron chi connectivity index (χ4n) is 1.93. The van der Waals surface area contributed by atoms with E-state index in [-0.39, 0.29) is 5.41 Å². The van der Waals surface area contributed by atoms with Gasteiger partial charge in [-0.1, -0.05) is 19.9 Å². The van der Waals surface area contributed by atoms with Crippen LogP contribution in [0.1, 0.15) is 32.3 Å². The molecule has 0 bridgehead atoms. The lowest BCUT2D eigenvalue weighted by molar-refractivity contribution is 0.267. The minimum absolute atomic E-state index is 0.0708. The van der Waals surface area contributed by atoms with Crippen LogP contribution in [-0.2, 0) is 6.42 Å². The number of hydrogen-bond donors (Lipinski definition) is 1. The Morgan fingerprint density at radius 2 is 1.81 bits per heavy atom. The van der Waals surface area contributed by atoms with Crippen LogP contribution in [0, 0.1) is 17.0 Å². The first-order chi connectivity index (χ1) is 7.56. The van der Waals surface area contributed by atoms with Gasteiger partial charge in [0.15, 0.2) is 0 Å². The van der Waals surface area contributed by atoms with E-state index in [0.29, 0.717) is 18.5 Å². The molecule has 1 aromatic rings.